The van der Waals surface area contributed by atoms with Crippen LogP contribution in [0.1, 0.15) is 25.3 Å². The van der Waals surface area contributed by atoms with Gasteiger partial charge in [-0.25, -0.2) is 0 Å². The SMILES string of the molecule is COCCOc1ccc(C(C)C)cc1OC. The van der Waals surface area contributed by atoms with Gasteiger partial charge in [0.15, 0.2) is 11.5 Å². The number of hydrogen-bond acceptors (Lipinski definition) is 3. The quantitative estimate of drug-likeness (QED) is 0.695. The summed E-state index contributed by atoms with van der Waals surface area (Å²) in [6, 6.07) is 6.03. The van der Waals surface area contributed by atoms with Crippen LogP contribution in [0.25, 0.3) is 0 Å². The van der Waals surface area contributed by atoms with Crippen LogP contribution in [0, 0.1) is 0 Å². The van der Waals surface area contributed by atoms with E-state index < -0.39 is 0 Å². The topological polar surface area (TPSA) is 27.7 Å². The molecular weight excluding hydrogens is 204 g/mol. The third-order valence-electron chi connectivity index (χ3n) is 2.40. The van der Waals surface area contributed by atoms with Gasteiger partial charge in [-0.2, -0.15) is 0 Å². The maximum absolute atomic E-state index is 5.55. The summed E-state index contributed by atoms with van der Waals surface area (Å²) in [5.74, 6) is 2.04. The Labute approximate surface area is 97.3 Å². The van der Waals surface area contributed by atoms with Crippen molar-refractivity contribution in [2.24, 2.45) is 0 Å². The summed E-state index contributed by atoms with van der Waals surface area (Å²) in [5, 5.41) is 0. The van der Waals surface area contributed by atoms with Crippen LogP contribution >= 0.6 is 0 Å². The van der Waals surface area contributed by atoms with Gasteiger partial charge in [0.1, 0.15) is 6.61 Å². The minimum absolute atomic E-state index is 0.488. The van der Waals surface area contributed by atoms with E-state index in [0.29, 0.717) is 19.1 Å². The normalized spacial score (nSPS) is 10.6. The fourth-order valence-electron chi connectivity index (χ4n) is 1.40. The van der Waals surface area contributed by atoms with Gasteiger partial charge in [-0.3, -0.25) is 0 Å². The molecule has 0 atom stereocenters. The molecule has 0 heterocycles. The van der Waals surface area contributed by atoms with Crippen LogP contribution in [0.5, 0.6) is 11.5 Å². The Hall–Kier alpha value is -1.22. The van der Waals surface area contributed by atoms with E-state index in [1.54, 1.807) is 14.2 Å². The average molecular weight is 224 g/mol. The highest BCUT2D eigenvalue weighted by Crippen LogP contribution is 2.30. The van der Waals surface area contributed by atoms with Crippen LogP contribution < -0.4 is 9.47 Å². The molecule has 0 aromatic heterocycles. The average Bonchev–Trinajstić information content (AvgIpc) is 2.29. The van der Waals surface area contributed by atoms with Crippen LogP contribution in [0.15, 0.2) is 18.2 Å². The van der Waals surface area contributed by atoms with Gasteiger partial charge < -0.3 is 14.2 Å². The van der Waals surface area contributed by atoms with Crippen molar-refractivity contribution in [3.8, 4) is 11.5 Å². The van der Waals surface area contributed by atoms with Gasteiger partial charge in [-0.15, -0.1) is 0 Å². The largest absolute Gasteiger partial charge is 0.493 e. The van der Waals surface area contributed by atoms with Gasteiger partial charge in [-0.1, -0.05) is 19.9 Å². The first-order valence-corrected chi connectivity index (χ1v) is 5.48. The van der Waals surface area contributed by atoms with Crippen molar-refractivity contribution < 1.29 is 14.2 Å². The van der Waals surface area contributed by atoms with Crippen molar-refractivity contribution in [1.82, 2.24) is 0 Å². The Morgan fingerprint density at radius 2 is 1.81 bits per heavy atom. The predicted octanol–water partition coefficient (Wildman–Crippen LogP) is 2.84. The molecule has 0 radical (unpaired) electrons. The molecule has 90 valence electrons. The lowest BCUT2D eigenvalue weighted by Gasteiger charge is -2.13. The van der Waals surface area contributed by atoms with E-state index in [-0.39, 0.29) is 0 Å². The molecule has 0 saturated carbocycles. The molecule has 1 rings (SSSR count). The van der Waals surface area contributed by atoms with E-state index in [4.69, 9.17) is 14.2 Å². The van der Waals surface area contributed by atoms with Crippen molar-refractivity contribution in [3.05, 3.63) is 23.8 Å². The van der Waals surface area contributed by atoms with Gasteiger partial charge in [0.25, 0.3) is 0 Å². The highest BCUT2D eigenvalue weighted by atomic mass is 16.5. The first-order valence-electron chi connectivity index (χ1n) is 5.48. The number of rotatable bonds is 6. The molecule has 3 nitrogen and oxygen atoms in total. The molecule has 0 fully saturated rings. The van der Waals surface area contributed by atoms with Crippen LogP contribution in [0.4, 0.5) is 0 Å². The second-order valence-electron chi connectivity index (χ2n) is 3.91. The van der Waals surface area contributed by atoms with Crippen LogP contribution in [-0.2, 0) is 4.74 Å². The van der Waals surface area contributed by atoms with E-state index in [0.717, 1.165) is 11.5 Å². The molecule has 3 heteroatoms. The molecule has 1 aromatic carbocycles. The molecule has 0 saturated heterocycles. The molecule has 0 aliphatic rings. The maximum atomic E-state index is 5.55. The minimum atomic E-state index is 0.488. The summed E-state index contributed by atoms with van der Waals surface area (Å²) in [7, 11) is 3.31. The molecule has 0 aliphatic heterocycles. The first kappa shape index (κ1) is 12.8. The van der Waals surface area contributed by atoms with Crippen LogP contribution in [0.3, 0.4) is 0 Å². The maximum Gasteiger partial charge on any atom is 0.161 e. The molecule has 0 bridgehead atoms. The second-order valence-corrected chi connectivity index (χ2v) is 3.91. The zero-order valence-electron chi connectivity index (χ0n) is 10.4. The molecule has 16 heavy (non-hydrogen) atoms. The van der Waals surface area contributed by atoms with Crippen molar-refractivity contribution >= 4 is 0 Å². The van der Waals surface area contributed by atoms with Crippen molar-refractivity contribution in [2.45, 2.75) is 19.8 Å². The first-order chi connectivity index (χ1) is 7.69. The van der Waals surface area contributed by atoms with E-state index >= 15 is 0 Å². The zero-order chi connectivity index (χ0) is 12.0. The van der Waals surface area contributed by atoms with E-state index in [2.05, 4.69) is 19.9 Å². The third kappa shape index (κ3) is 3.42. The van der Waals surface area contributed by atoms with Gasteiger partial charge >= 0.3 is 0 Å². The number of ether oxygens (including phenoxy) is 3. The lowest BCUT2D eigenvalue weighted by atomic mass is 10.0. The second kappa shape index (κ2) is 6.38. The summed E-state index contributed by atoms with van der Waals surface area (Å²) < 4.78 is 15.8. The van der Waals surface area contributed by atoms with Crippen molar-refractivity contribution in [1.29, 1.82) is 0 Å². The lowest BCUT2D eigenvalue weighted by Crippen LogP contribution is -2.05. The Balaban J connectivity index is 2.76. The Kier molecular flexibility index (Phi) is 5.12. The fourth-order valence-corrected chi connectivity index (χ4v) is 1.40. The molecule has 0 N–H and O–H groups in total. The van der Waals surface area contributed by atoms with Crippen molar-refractivity contribution in [2.75, 3.05) is 27.4 Å². The summed E-state index contributed by atoms with van der Waals surface area (Å²) in [4.78, 5) is 0. The minimum Gasteiger partial charge on any atom is -0.493 e. The third-order valence-corrected chi connectivity index (χ3v) is 2.40. The van der Waals surface area contributed by atoms with E-state index in [1.165, 1.54) is 5.56 Å². The Bertz CT molecular complexity index is 321. The molecule has 1 aromatic rings. The number of benzene rings is 1. The summed E-state index contributed by atoms with van der Waals surface area (Å²) in [5.41, 5.74) is 1.25. The molecular formula is C13H20O3. The molecule has 0 spiro atoms. The van der Waals surface area contributed by atoms with Gasteiger partial charge in [-0.05, 0) is 23.6 Å². The Morgan fingerprint density at radius 1 is 1.06 bits per heavy atom. The standard InChI is InChI=1S/C13H20O3/c1-10(2)11-5-6-12(13(9-11)15-4)16-8-7-14-3/h5-6,9-10H,7-8H2,1-4H3. The number of hydrogen-bond donors (Lipinski definition) is 0. The predicted molar refractivity (Wildman–Crippen MR) is 64.5 cm³/mol. The highest BCUT2D eigenvalue weighted by Gasteiger charge is 2.07. The summed E-state index contributed by atoms with van der Waals surface area (Å²) >= 11 is 0. The van der Waals surface area contributed by atoms with E-state index in [9.17, 15) is 0 Å². The number of methoxy groups -OCH3 is 2. The lowest BCUT2D eigenvalue weighted by molar-refractivity contribution is 0.144. The smallest absolute Gasteiger partial charge is 0.161 e. The summed E-state index contributed by atoms with van der Waals surface area (Å²) in [6.45, 7) is 5.42. The molecule has 0 unspecified atom stereocenters. The van der Waals surface area contributed by atoms with Crippen LogP contribution in [-0.4, -0.2) is 27.4 Å². The fraction of sp³-hybridized carbons (Fsp3) is 0.538. The monoisotopic (exact) mass is 224 g/mol. The van der Waals surface area contributed by atoms with Crippen LogP contribution in [0.2, 0.25) is 0 Å². The van der Waals surface area contributed by atoms with Gasteiger partial charge in [0, 0.05) is 7.11 Å². The Morgan fingerprint density at radius 3 is 2.38 bits per heavy atom. The molecule has 0 aliphatic carbocycles. The molecule has 0 amide bonds. The van der Waals surface area contributed by atoms with Gasteiger partial charge in [0.05, 0.1) is 13.7 Å². The van der Waals surface area contributed by atoms with Gasteiger partial charge in [0.2, 0.25) is 0 Å². The van der Waals surface area contributed by atoms with E-state index in [1.807, 2.05) is 12.1 Å². The van der Waals surface area contributed by atoms with Crippen molar-refractivity contribution in [3.63, 3.8) is 0 Å². The zero-order valence-corrected chi connectivity index (χ0v) is 10.4. The summed E-state index contributed by atoms with van der Waals surface area (Å²) in [6.07, 6.45) is 0. The highest BCUT2D eigenvalue weighted by molar-refractivity contribution is 5.43.